The molecule has 2 unspecified atom stereocenters. The quantitative estimate of drug-likeness (QED) is 0.470. The summed E-state index contributed by atoms with van der Waals surface area (Å²) in [5.41, 5.74) is 0.00848. The maximum Gasteiger partial charge on any atom is 0.339 e. The fourth-order valence-electron chi connectivity index (χ4n) is 2.47. The molecule has 0 aliphatic carbocycles. The fraction of sp³-hybridized carbons (Fsp3) is 0.500. The van der Waals surface area contributed by atoms with Crippen molar-refractivity contribution in [2.75, 3.05) is 0 Å². The first kappa shape index (κ1) is 15.9. The maximum atomic E-state index is 12.2. The Balaban J connectivity index is 2.14. The summed E-state index contributed by atoms with van der Waals surface area (Å²) in [5, 5.41) is 10.9. The van der Waals surface area contributed by atoms with Crippen molar-refractivity contribution in [3.63, 3.8) is 0 Å². The lowest BCUT2D eigenvalue weighted by molar-refractivity contribution is -0.385. The number of carbonyl (C=O) groups excluding carboxylic acids is 1. The molecule has 21 heavy (non-hydrogen) atoms. The van der Waals surface area contributed by atoms with Crippen LogP contribution < -0.4 is 0 Å². The van der Waals surface area contributed by atoms with E-state index in [0.717, 1.165) is 0 Å². The second-order valence-corrected chi connectivity index (χ2v) is 5.94. The monoisotopic (exact) mass is 357 g/mol. The molecule has 1 heterocycles. The standard InChI is InChI=1S/C14H16BrNO5/c1-8-6-10(7-9(2)20-8)21-14(17)11-4-3-5-12(13(11)15)16(18)19/h3-5,8-10H,6-7H2,1-2H3. The lowest BCUT2D eigenvalue weighted by Crippen LogP contribution is -2.35. The van der Waals surface area contributed by atoms with Crippen LogP contribution in [0, 0.1) is 10.1 Å². The van der Waals surface area contributed by atoms with Gasteiger partial charge in [0.05, 0.1) is 22.7 Å². The summed E-state index contributed by atoms with van der Waals surface area (Å²) in [6.07, 6.45) is 1.08. The zero-order valence-electron chi connectivity index (χ0n) is 11.7. The molecule has 0 radical (unpaired) electrons. The Kier molecular flexibility index (Phi) is 4.95. The van der Waals surface area contributed by atoms with E-state index in [-0.39, 0.29) is 34.0 Å². The molecule has 2 atom stereocenters. The zero-order valence-corrected chi connectivity index (χ0v) is 13.3. The molecule has 0 bridgehead atoms. The Hall–Kier alpha value is -1.47. The molecular formula is C14H16BrNO5. The van der Waals surface area contributed by atoms with E-state index >= 15 is 0 Å². The van der Waals surface area contributed by atoms with Gasteiger partial charge in [0.2, 0.25) is 0 Å². The normalized spacial score (nSPS) is 25.4. The largest absolute Gasteiger partial charge is 0.459 e. The summed E-state index contributed by atoms with van der Waals surface area (Å²) in [5.74, 6) is -0.558. The highest BCUT2D eigenvalue weighted by Gasteiger charge is 2.29. The van der Waals surface area contributed by atoms with Gasteiger partial charge in [0.1, 0.15) is 10.6 Å². The van der Waals surface area contributed by atoms with Crippen molar-refractivity contribution in [3.05, 3.63) is 38.3 Å². The zero-order chi connectivity index (χ0) is 15.6. The average Bonchev–Trinajstić information content (AvgIpc) is 2.37. The van der Waals surface area contributed by atoms with Gasteiger partial charge in [-0.15, -0.1) is 0 Å². The van der Waals surface area contributed by atoms with Gasteiger partial charge in [-0.2, -0.15) is 0 Å². The topological polar surface area (TPSA) is 78.7 Å². The number of halogens is 1. The minimum absolute atomic E-state index is 0.0279. The van der Waals surface area contributed by atoms with Crippen molar-refractivity contribution in [2.45, 2.75) is 45.0 Å². The van der Waals surface area contributed by atoms with Crippen molar-refractivity contribution in [1.29, 1.82) is 0 Å². The van der Waals surface area contributed by atoms with E-state index in [2.05, 4.69) is 15.9 Å². The van der Waals surface area contributed by atoms with Crippen LogP contribution in [0.15, 0.2) is 22.7 Å². The van der Waals surface area contributed by atoms with E-state index in [9.17, 15) is 14.9 Å². The number of nitro groups is 1. The predicted molar refractivity (Wildman–Crippen MR) is 79.2 cm³/mol. The molecule has 1 aromatic rings. The molecule has 114 valence electrons. The Morgan fingerprint density at radius 2 is 2.00 bits per heavy atom. The van der Waals surface area contributed by atoms with Crippen LogP contribution in [-0.2, 0) is 9.47 Å². The molecule has 0 aromatic heterocycles. The summed E-state index contributed by atoms with van der Waals surface area (Å²) in [7, 11) is 0. The van der Waals surface area contributed by atoms with Crippen molar-refractivity contribution in [3.8, 4) is 0 Å². The third kappa shape index (κ3) is 3.79. The Bertz CT molecular complexity index is 552. The number of benzene rings is 1. The average molecular weight is 358 g/mol. The molecule has 0 saturated carbocycles. The molecule has 6 nitrogen and oxygen atoms in total. The van der Waals surface area contributed by atoms with Crippen LogP contribution in [0.1, 0.15) is 37.0 Å². The van der Waals surface area contributed by atoms with E-state index in [1.165, 1.54) is 18.2 Å². The molecule has 0 amide bonds. The first-order valence-corrected chi connectivity index (χ1v) is 7.47. The first-order valence-electron chi connectivity index (χ1n) is 6.67. The molecule has 1 aliphatic heterocycles. The van der Waals surface area contributed by atoms with E-state index in [1.807, 2.05) is 13.8 Å². The van der Waals surface area contributed by atoms with E-state index in [4.69, 9.17) is 9.47 Å². The molecule has 1 aliphatic rings. The van der Waals surface area contributed by atoms with Crippen LogP contribution in [0.4, 0.5) is 5.69 Å². The van der Waals surface area contributed by atoms with Crippen molar-refractivity contribution < 1.29 is 19.2 Å². The number of esters is 1. The van der Waals surface area contributed by atoms with Crippen molar-refractivity contribution >= 4 is 27.6 Å². The molecule has 1 saturated heterocycles. The van der Waals surface area contributed by atoms with Crippen LogP contribution in [0.25, 0.3) is 0 Å². The Morgan fingerprint density at radius 3 is 2.57 bits per heavy atom. The minimum Gasteiger partial charge on any atom is -0.459 e. The van der Waals surface area contributed by atoms with Gasteiger partial charge in [0.15, 0.2) is 0 Å². The van der Waals surface area contributed by atoms with Crippen LogP contribution in [0.5, 0.6) is 0 Å². The van der Waals surface area contributed by atoms with Crippen LogP contribution in [0.3, 0.4) is 0 Å². The van der Waals surface area contributed by atoms with Gasteiger partial charge in [-0.05, 0) is 35.8 Å². The summed E-state index contributed by atoms with van der Waals surface area (Å²) in [6, 6.07) is 4.31. The molecule has 1 fully saturated rings. The van der Waals surface area contributed by atoms with Crippen LogP contribution in [-0.4, -0.2) is 29.2 Å². The van der Waals surface area contributed by atoms with E-state index in [1.54, 1.807) is 0 Å². The van der Waals surface area contributed by atoms with E-state index < -0.39 is 10.9 Å². The van der Waals surface area contributed by atoms with Gasteiger partial charge in [0.25, 0.3) is 5.69 Å². The number of hydrogen-bond donors (Lipinski definition) is 0. The number of nitrogens with zero attached hydrogens (tertiary/aromatic N) is 1. The smallest absolute Gasteiger partial charge is 0.339 e. The highest BCUT2D eigenvalue weighted by molar-refractivity contribution is 9.10. The van der Waals surface area contributed by atoms with Gasteiger partial charge < -0.3 is 9.47 Å². The predicted octanol–water partition coefficient (Wildman–Crippen LogP) is 3.47. The number of ether oxygens (including phenoxy) is 2. The van der Waals surface area contributed by atoms with Gasteiger partial charge in [-0.25, -0.2) is 4.79 Å². The highest BCUT2D eigenvalue weighted by Crippen LogP contribution is 2.30. The van der Waals surface area contributed by atoms with Crippen LogP contribution in [0.2, 0.25) is 0 Å². The SMILES string of the molecule is CC1CC(OC(=O)c2cccc([N+](=O)[O-])c2Br)CC(C)O1. The summed E-state index contributed by atoms with van der Waals surface area (Å²) >= 11 is 3.10. The fourth-order valence-corrected chi connectivity index (χ4v) is 3.04. The number of nitro benzene ring substituents is 1. The third-order valence-electron chi connectivity index (χ3n) is 3.32. The molecule has 0 spiro atoms. The number of hydrogen-bond acceptors (Lipinski definition) is 5. The highest BCUT2D eigenvalue weighted by atomic mass is 79.9. The molecular weight excluding hydrogens is 342 g/mol. The first-order chi connectivity index (χ1) is 9.88. The lowest BCUT2D eigenvalue weighted by Gasteiger charge is -2.31. The molecule has 1 aromatic carbocycles. The van der Waals surface area contributed by atoms with E-state index in [0.29, 0.717) is 12.8 Å². The van der Waals surface area contributed by atoms with Gasteiger partial charge in [-0.1, -0.05) is 6.07 Å². The summed E-state index contributed by atoms with van der Waals surface area (Å²) in [4.78, 5) is 22.5. The number of carbonyl (C=O) groups is 1. The minimum atomic E-state index is -0.558. The number of rotatable bonds is 3. The second kappa shape index (κ2) is 6.53. The van der Waals surface area contributed by atoms with Crippen molar-refractivity contribution in [1.82, 2.24) is 0 Å². The van der Waals surface area contributed by atoms with Gasteiger partial charge in [-0.3, -0.25) is 10.1 Å². The Morgan fingerprint density at radius 1 is 1.38 bits per heavy atom. The summed E-state index contributed by atoms with van der Waals surface area (Å²) < 4.78 is 11.2. The van der Waals surface area contributed by atoms with Crippen LogP contribution >= 0.6 is 15.9 Å². The van der Waals surface area contributed by atoms with Gasteiger partial charge >= 0.3 is 5.97 Å². The Labute approximate surface area is 130 Å². The third-order valence-corrected chi connectivity index (χ3v) is 4.16. The molecule has 0 N–H and O–H groups in total. The lowest BCUT2D eigenvalue weighted by atomic mass is 10.0. The second-order valence-electron chi connectivity index (χ2n) is 5.15. The van der Waals surface area contributed by atoms with Crippen molar-refractivity contribution in [2.24, 2.45) is 0 Å². The maximum absolute atomic E-state index is 12.2. The summed E-state index contributed by atoms with van der Waals surface area (Å²) in [6.45, 7) is 3.86. The van der Waals surface area contributed by atoms with Gasteiger partial charge in [0, 0.05) is 18.9 Å². The molecule has 2 rings (SSSR count). The molecule has 7 heteroatoms.